The van der Waals surface area contributed by atoms with Crippen LogP contribution in [0.4, 0.5) is 0 Å². The minimum absolute atomic E-state index is 0.107. The van der Waals surface area contributed by atoms with Gasteiger partial charge in [0.05, 0.1) is 44.5 Å². The molecule has 430 valence electrons. The normalized spacial score (nSPS) is 20.9. The predicted molar refractivity (Wildman–Crippen MR) is 312 cm³/mol. The summed E-state index contributed by atoms with van der Waals surface area (Å²) in [6, 6.07) is 45.4. The van der Waals surface area contributed by atoms with Crippen molar-refractivity contribution >= 4 is 11.9 Å². The lowest BCUT2D eigenvalue weighted by Crippen LogP contribution is -2.67. The van der Waals surface area contributed by atoms with E-state index in [1.165, 1.54) is 44.9 Å². The fourth-order valence-electron chi connectivity index (χ4n) is 11.5. The number of esters is 2. The second kappa shape index (κ2) is 30.9. The van der Waals surface area contributed by atoms with Gasteiger partial charge in [0.25, 0.3) is 0 Å². The van der Waals surface area contributed by atoms with E-state index in [9.17, 15) is 14.7 Å². The van der Waals surface area contributed by atoms with Crippen LogP contribution in [0.5, 0.6) is 0 Å². The van der Waals surface area contributed by atoms with Crippen LogP contribution in [0.3, 0.4) is 0 Å². The van der Waals surface area contributed by atoms with E-state index < -0.39 is 77.5 Å². The summed E-state index contributed by atoms with van der Waals surface area (Å²) < 4.78 is 54.4. The van der Waals surface area contributed by atoms with Gasteiger partial charge in [-0.3, -0.25) is 4.79 Å². The molecule has 0 radical (unpaired) electrons. The van der Waals surface area contributed by atoms with Crippen molar-refractivity contribution in [2.45, 2.75) is 181 Å². The zero-order chi connectivity index (χ0) is 56.8. The standard InChI is InChI=1S/C69H88O11/c1-8-9-10-11-12-13-14-15-16-29-43-73-58-60(75-45-51-32-21-17-22-33-51)62(77-47-53-36-25-19-26-37-53)59(63(78-48-54-38-27-20-28-39-54)61(58)76-46-52-34-23-18-24-35-52)74-44-31-41-55-40-30-42-56-57(55)65(71)80-69(56,49-70)50-79-66(72)64(67(2,3)4)68(5,6)7/h17-28,30,32-40,42,58-64,70H,8-16,29,43-50H2,1-7H3/t58?,59?,60-,61+,62-,63+,69-/m1/s1. The molecule has 1 heterocycles. The summed E-state index contributed by atoms with van der Waals surface area (Å²) in [5.74, 6) is 4.84. The molecule has 0 bridgehead atoms. The lowest BCUT2D eigenvalue weighted by atomic mass is 9.67. The molecule has 0 amide bonds. The molecule has 1 N–H and O–H groups in total. The van der Waals surface area contributed by atoms with Crippen molar-refractivity contribution in [1.29, 1.82) is 0 Å². The minimum atomic E-state index is -1.61. The SMILES string of the molecule is CCCCCCCCCCCCOC1[C@@H](OCc2ccccc2)[C@H](OCc2ccccc2)C(OCC#Cc2cccc3c2C(=O)O[C@]3(CO)COC(=O)C(C(C)(C)C)C(C)(C)C)[C@H](OCc2ccccc2)[C@H]1OCc1ccccc1. The van der Waals surface area contributed by atoms with Crippen molar-refractivity contribution in [2.75, 3.05) is 26.4 Å². The molecule has 1 aliphatic carbocycles. The van der Waals surface area contributed by atoms with Crippen molar-refractivity contribution < 1.29 is 52.6 Å². The Balaban J connectivity index is 1.22. The fraction of sp³-hybridized carbons (Fsp3) is 0.507. The van der Waals surface area contributed by atoms with E-state index in [4.69, 9.17) is 37.9 Å². The van der Waals surface area contributed by atoms with E-state index in [0.717, 1.165) is 41.5 Å². The molecule has 5 aromatic rings. The number of aliphatic hydroxyl groups is 1. The second-order valence-corrected chi connectivity index (χ2v) is 23.7. The highest BCUT2D eigenvalue weighted by Crippen LogP contribution is 2.43. The van der Waals surface area contributed by atoms with Crippen LogP contribution >= 0.6 is 0 Å². The summed E-state index contributed by atoms with van der Waals surface area (Å²) in [6.07, 6.45) is 7.63. The zero-order valence-electron chi connectivity index (χ0n) is 48.6. The quantitative estimate of drug-likeness (QED) is 0.0268. The number of ether oxygens (including phenoxy) is 8. The van der Waals surface area contributed by atoms with Gasteiger partial charge < -0.3 is 43.0 Å². The van der Waals surface area contributed by atoms with Crippen molar-refractivity contribution in [1.82, 2.24) is 0 Å². The van der Waals surface area contributed by atoms with Crippen LogP contribution < -0.4 is 0 Å². The molecule has 11 heteroatoms. The summed E-state index contributed by atoms with van der Waals surface area (Å²) >= 11 is 0. The van der Waals surface area contributed by atoms with Crippen molar-refractivity contribution in [3.63, 3.8) is 0 Å². The van der Waals surface area contributed by atoms with Gasteiger partial charge in [0.2, 0.25) is 0 Å². The third-order valence-corrected chi connectivity index (χ3v) is 15.2. The molecule has 7 atom stereocenters. The Morgan fingerprint density at radius 1 is 0.537 bits per heavy atom. The summed E-state index contributed by atoms with van der Waals surface area (Å²) in [6.45, 7) is 14.7. The first kappa shape index (κ1) is 61.9. The van der Waals surface area contributed by atoms with Gasteiger partial charge in [0, 0.05) is 17.7 Å². The van der Waals surface area contributed by atoms with Crippen LogP contribution in [0.25, 0.3) is 0 Å². The molecule has 1 fully saturated rings. The van der Waals surface area contributed by atoms with Crippen LogP contribution in [0.15, 0.2) is 140 Å². The lowest BCUT2D eigenvalue weighted by Gasteiger charge is -2.49. The fourth-order valence-corrected chi connectivity index (χ4v) is 11.5. The third-order valence-electron chi connectivity index (χ3n) is 15.2. The highest BCUT2D eigenvalue weighted by atomic mass is 16.6. The topological polar surface area (TPSA) is 128 Å². The Morgan fingerprint density at radius 3 is 1.35 bits per heavy atom. The van der Waals surface area contributed by atoms with Gasteiger partial charge in [-0.25, -0.2) is 4.79 Å². The van der Waals surface area contributed by atoms with E-state index in [-0.39, 0.29) is 45.2 Å². The maximum absolute atomic E-state index is 13.9. The molecule has 5 aromatic carbocycles. The number of cyclic esters (lactones) is 1. The zero-order valence-corrected chi connectivity index (χ0v) is 48.6. The Hall–Kier alpha value is -5.68. The maximum Gasteiger partial charge on any atom is 0.340 e. The van der Waals surface area contributed by atoms with E-state index in [2.05, 4.69) is 18.8 Å². The summed E-state index contributed by atoms with van der Waals surface area (Å²) in [5.41, 5.74) is 2.47. The summed E-state index contributed by atoms with van der Waals surface area (Å²) in [5, 5.41) is 10.9. The van der Waals surface area contributed by atoms with E-state index in [1.54, 1.807) is 18.2 Å². The van der Waals surface area contributed by atoms with Crippen LogP contribution in [-0.2, 0) is 74.7 Å². The van der Waals surface area contributed by atoms with E-state index in [1.807, 2.05) is 163 Å². The first-order valence-corrected chi connectivity index (χ1v) is 29.2. The number of carbonyl (C=O) groups excluding carboxylic acids is 2. The number of rotatable bonds is 30. The molecule has 7 rings (SSSR count). The first-order valence-electron chi connectivity index (χ1n) is 29.2. The average molecular weight is 1090 g/mol. The molecule has 2 aliphatic rings. The minimum Gasteiger partial charge on any atom is -0.461 e. The summed E-state index contributed by atoms with van der Waals surface area (Å²) in [4.78, 5) is 27.6. The van der Waals surface area contributed by atoms with Gasteiger partial charge in [-0.15, -0.1) is 0 Å². The molecule has 1 saturated carbocycles. The molecule has 80 heavy (non-hydrogen) atoms. The van der Waals surface area contributed by atoms with Crippen molar-refractivity contribution in [2.24, 2.45) is 16.7 Å². The van der Waals surface area contributed by atoms with Crippen molar-refractivity contribution in [3.8, 4) is 11.8 Å². The molecular formula is C69H88O11. The maximum atomic E-state index is 13.9. The molecule has 1 aliphatic heterocycles. The number of hydrogen-bond donors (Lipinski definition) is 1. The molecule has 11 nitrogen and oxygen atoms in total. The number of carbonyl (C=O) groups is 2. The predicted octanol–water partition coefficient (Wildman–Crippen LogP) is 13.7. The second-order valence-electron chi connectivity index (χ2n) is 23.7. The van der Waals surface area contributed by atoms with Crippen LogP contribution in [0.2, 0.25) is 0 Å². The van der Waals surface area contributed by atoms with Gasteiger partial charge in [0.1, 0.15) is 49.8 Å². The lowest BCUT2D eigenvalue weighted by molar-refractivity contribution is -0.287. The van der Waals surface area contributed by atoms with Crippen LogP contribution in [0, 0.1) is 28.6 Å². The Kier molecular flexibility index (Phi) is 24.0. The smallest absolute Gasteiger partial charge is 0.340 e. The van der Waals surface area contributed by atoms with Crippen molar-refractivity contribution in [3.05, 3.63) is 178 Å². The molecule has 0 spiro atoms. The van der Waals surface area contributed by atoms with Gasteiger partial charge in [0.15, 0.2) is 5.60 Å². The average Bonchev–Trinajstić information content (AvgIpc) is 3.79. The summed E-state index contributed by atoms with van der Waals surface area (Å²) in [7, 11) is 0. The Bertz CT molecular complexity index is 2560. The van der Waals surface area contributed by atoms with Gasteiger partial charge in [-0.1, -0.05) is 252 Å². The van der Waals surface area contributed by atoms with E-state index in [0.29, 0.717) is 17.7 Å². The number of hydrogen-bond acceptors (Lipinski definition) is 11. The van der Waals surface area contributed by atoms with Crippen LogP contribution in [-0.4, -0.2) is 80.1 Å². The van der Waals surface area contributed by atoms with Gasteiger partial charge in [-0.05, 0) is 45.6 Å². The molecule has 0 aromatic heterocycles. The number of fused-ring (bicyclic) bond motifs is 1. The monoisotopic (exact) mass is 1090 g/mol. The third kappa shape index (κ3) is 17.7. The Labute approximate surface area is 477 Å². The molecule has 2 unspecified atom stereocenters. The molecular weight excluding hydrogens is 1000 g/mol. The number of aliphatic hydroxyl groups excluding tert-OH is 1. The number of unbranched alkanes of at least 4 members (excludes halogenated alkanes) is 9. The Morgan fingerprint density at radius 2 is 0.938 bits per heavy atom. The molecule has 0 saturated heterocycles. The largest absolute Gasteiger partial charge is 0.461 e. The highest BCUT2D eigenvalue weighted by molar-refractivity contribution is 5.97. The van der Waals surface area contributed by atoms with Crippen LogP contribution in [0.1, 0.15) is 156 Å². The first-order chi connectivity index (χ1) is 38.7. The number of benzene rings is 5. The van der Waals surface area contributed by atoms with Gasteiger partial charge in [-0.2, -0.15) is 0 Å². The van der Waals surface area contributed by atoms with Gasteiger partial charge >= 0.3 is 11.9 Å². The van der Waals surface area contributed by atoms with E-state index >= 15 is 0 Å². The highest BCUT2D eigenvalue weighted by Gasteiger charge is 2.55.